The lowest BCUT2D eigenvalue weighted by Gasteiger charge is -2.25. The Bertz CT molecular complexity index is 2210. The normalized spacial score (nSPS) is 13.0. The first kappa shape index (κ1) is 33.7. The number of aromatic nitrogens is 3. The summed E-state index contributed by atoms with van der Waals surface area (Å²) in [5, 5.41) is 48.6. The summed E-state index contributed by atoms with van der Waals surface area (Å²) in [7, 11) is 0. The number of aromatic amines is 1. The molecule has 0 fully saturated rings. The van der Waals surface area contributed by atoms with E-state index in [4.69, 9.17) is 0 Å². The number of aliphatic hydroxyl groups excluding tert-OH is 1. The number of amides is 1. The molecule has 0 aliphatic carbocycles. The smallest absolute Gasteiger partial charge is 0.345 e. The number of aromatic hydroxyl groups is 1. The summed E-state index contributed by atoms with van der Waals surface area (Å²) >= 11 is 0. The number of carboxylic acids is 1. The standard InChI is InChI=1S/C38H33N5O7/c44-32-15-13-29(30-14-16-34(46)43-35(30)32)33(45)22-39-18-23-9-11-24(12-10-23)36(47)42-20-28-19-41-31(21-40-28)25-5-4-8-27(17-25)38(50,37(48)49)26-6-2-1-3-7-26/h1-17,19,21,33,39,44-45,50H,18,20,22H2,(H,42,47)(H,43,46)(H,48,49). The van der Waals surface area contributed by atoms with Gasteiger partial charge in [-0.05, 0) is 47.0 Å². The van der Waals surface area contributed by atoms with Crippen molar-refractivity contribution in [3.63, 3.8) is 0 Å². The number of hydrogen-bond donors (Lipinski definition) is 7. The third-order valence-corrected chi connectivity index (χ3v) is 8.36. The second-order valence-corrected chi connectivity index (χ2v) is 11.7. The second-order valence-electron chi connectivity index (χ2n) is 11.7. The Labute approximate surface area is 285 Å². The Morgan fingerprint density at radius 2 is 1.60 bits per heavy atom. The lowest BCUT2D eigenvalue weighted by Crippen LogP contribution is -2.36. The summed E-state index contributed by atoms with van der Waals surface area (Å²) in [5.41, 5.74) is 1.52. The summed E-state index contributed by atoms with van der Waals surface area (Å²) in [6.07, 6.45) is 2.15. The number of benzene rings is 4. The van der Waals surface area contributed by atoms with Crippen LogP contribution in [0.5, 0.6) is 5.75 Å². The molecule has 2 heterocycles. The van der Waals surface area contributed by atoms with E-state index in [2.05, 4.69) is 25.6 Å². The number of hydrogen-bond acceptors (Lipinski definition) is 9. The van der Waals surface area contributed by atoms with Gasteiger partial charge in [0.25, 0.3) is 5.91 Å². The zero-order valence-electron chi connectivity index (χ0n) is 26.6. The second kappa shape index (κ2) is 14.5. The van der Waals surface area contributed by atoms with Crippen LogP contribution in [0.4, 0.5) is 0 Å². The molecule has 2 unspecified atom stereocenters. The Hall–Kier alpha value is -6.21. The molecule has 6 aromatic rings. The van der Waals surface area contributed by atoms with Gasteiger partial charge in [-0.2, -0.15) is 0 Å². The molecule has 0 saturated carbocycles. The van der Waals surface area contributed by atoms with Gasteiger partial charge >= 0.3 is 5.97 Å². The van der Waals surface area contributed by atoms with Gasteiger partial charge < -0.3 is 36.0 Å². The molecule has 50 heavy (non-hydrogen) atoms. The van der Waals surface area contributed by atoms with E-state index in [9.17, 15) is 34.8 Å². The van der Waals surface area contributed by atoms with Crippen molar-refractivity contribution < 1.29 is 30.0 Å². The van der Waals surface area contributed by atoms with Crippen molar-refractivity contribution in [2.45, 2.75) is 24.8 Å². The number of carboxylic acid groups (broad SMARTS) is 1. The molecule has 252 valence electrons. The molecule has 0 spiro atoms. The minimum absolute atomic E-state index is 0.0753. The molecule has 0 saturated heterocycles. The van der Waals surface area contributed by atoms with Crippen LogP contribution in [0.25, 0.3) is 22.2 Å². The highest BCUT2D eigenvalue weighted by Crippen LogP contribution is 2.32. The van der Waals surface area contributed by atoms with Crippen LogP contribution in [0.2, 0.25) is 0 Å². The highest BCUT2D eigenvalue weighted by atomic mass is 16.4. The maximum absolute atomic E-state index is 12.8. The van der Waals surface area contributed by atoms with E-state index in [1.807, 2.05) is 0 Å². The summed E-state index contributed by atoms with van der Waals surface area (Å²) in [5.74, 6) is -1.78. The molecule has 0 bridgehead atoms. The molecular formula is C38H33N5O7. The zero-order chi connectivity index (χ0) is 35.3. The minimum atomic E-state index is -2.25. The van der Waals surface area contributed by atoms with Crippen LogP contribution in [-0.4, -0.2) is 53.8 Å². The van der Waals surface area contributed by atoms with E-state index < -0.39 is 17.7 Å². The van der Waals surface area contributed by atoms with Crippen molar-refractivity contribution in [1.82, 2.24) is 25.6 Å². The van der Waals surface area contributed by atoms with Gasteiger partial charge in [0, 0.05) is 41.2 Å². The highest BCUT2D eigenvalue weighted by molar-refractivity contribution is 5.94. The van der Waals surface area contributed by atoms with Crippen molar-refractivity contribution in [2.75, 3.05) is 6.54 Å². The fourth-order valence-electron chi connectivity index (χ4n) is 5.65. The van der Waals surface area contributed by atoms with E-state index >= 15 is 0 Å². The number of carbonyl (C=O) groups is 2. The minimum Gasteiger partial charge on any atom is -0.506 e. The number of aliphatic carboxylic acids is 1. The van der Waals surface area contributed by atoms with Gasteiger partial charge in [0.15, 0.2) is 0 Å². The van der Waals surface area contributed by atoms with Gasteiger partial charge in [-0.1, -0.05) is 66.7 Å². The average Bonchev–Trinajstić information content (AvgIpc) is 3.14. The molecule has 2 aromatic heterocycles. The number of carbonyl (C=O) groups excluding carboxylic acids is 1. The van der Waals surface area contributed by atoms with Crippen molar-refractivity contribution in [3.8, 4) is 17.0 Å². The molecule has 0 radical (unpaired) electrons. The van der Waals surface area contributed by atoms with Crippen LogP contribution >= 0.6 is 0 Å². The fraction of sp³-hybridized carbons (Fsp3) is 0.132. The Balaban J connectivity index is 1.02. The van der Waals surface area contributed by atoms with E-state index in [0.717, 1.165) is 5.56 Å². The lowest BCUT2D eigenvalue weighted by molar-refractivity contribution is -0.155. The number of rotatable bonds is 12. The molecular weight excluding hydrogens is 638 g/mol. The Morgan fingerprint density at radius 3 is 2.32 bits per heavy atom. The molecule has 2 atom stereocenters. The van der Waals surface area contributed by atoms with Crippen molar-refractivity contribution >= 4 is 22.8 Å². The van der Waals surface area contributed by atoms with E-state index in [1.165, 1.54) is 24.5 Å². The van der Waals surface area contributed by atoms with Crippen molar-refractivity contribution in [2.24, 2.45) is 0 Å². The van der Waals surface area contributed by atoms with Gasteiger partial charge in [-0.25, -0.2) is 4.79 Å². The van der Waals surface area contributed by atoms with Gasteiger partial charge in [0.2, 0.25) is 11.2 Å². The first-order valence-corrected chi connectivity index (χ1v) is 15.7. The average molecular weight is 672 g/mol. The number of H-pyrrole nitrogens is 1. The number of phenolic OH excluding ortho intramolecular Hbond substituents is 1. The fourth-order valence-corrected chi connectivity index (χ4v) is 5.65. The number of phenols is 1. The van der Waals surface area contributed by atoms with Gasteiger partial charge in [-0.15, -0.1) is 0 Å². The third kappa shape index (κ3) is 7.12. The topological polar surface area (TPSA) is 198 Å². The third-order valence-electron chi connectivity index (χ3n) is 8.36. The van der Waals surface area contributed by atoms with Crippen LogP contribution in [0.3, 0.4) is 0 Å². The number of nitrogens with zero attached hydrogens (tertiary/aromatic N) is 2. The maximum atomic E-state index is 12.8. The zero-order valence-corrected chi connectivity index (χ0v) is 26.6. The molecule has 0 aliphatic heterocycles. The predicted octanol–water partition coefficient (Wildman–Crippen LogP) is 3.76. The van der Waals surface area contributed by atoms with E-state index in [-0.39, 0.29) is 46.9 Å². The van der Waals surface area contributed by atoms with Crippen LogP contribution in [0.1, 0.15) is 44.4 Å². The molecule has 1 amide bonds. The predicted molar refractivity (Wildman–Crippen MR) is 185 cm³/mol. The number of fused-ring (bicyclic) bond motifs is 1. The van der Waals surface area contributed by atoms with Crippen LogP contribution < -0.4 is 16.2 Å². The summed E-state index contributed by atoms with van der Waals surface area (Å²) in [4.78, 5) is 48.1. The monoisotopic (exact) mass is 671 g/mol. The molecule has 7 N–H and O–H groups in total. The van der Waals surface area contributed by atoms with E-state index in [1.54, 1.807) is 91.0 Å². The van der Waals surface area contributed by atoms with Gasteiger partial charge in [0.1, 0.15) is 5.75 Å². The molecule has 12 nitrogen and oxygen atoms in total. The van der Waals surface area contributed by atoms with Crippen molar-refractivity contribution in [1.29, 1.82) is 0 Å². The molecule has 0 aliphatic rings. The molecule has 12 heteroatoms. The SMILES string of the molecule is O=C(NCc1cnc(-c2cccc(C(O)(C(=O)O)c3ccccc3)c2)cn1)c1ccc(CNCC(O)c2ccc(O)c3[nH]c(=O)ccc23)cc1. The van der Waals surface area contributed by atoms with Crippen LogP contribution in [0, 0.1) is 0 Å². The maximum Gasteiger partial charge on any atom is 0.345 e. The summed E-state index contributed by atoms with van der Waals surface area (Å²) in [6, 6.07) is 27.6. The number of aliphatic hydroxyl groups is 2. The largest absolute Gasteiger partial charge is 0.506 e. The number of nitrogens with one attached hydrogen (secondary N) is 3. The first-order chi connectivity index (χ1) is 24.1. The molecule has 4 aromatic carbocycles. The first-order valence-electron chi connectivity index (χ1n) is 15.7. The Morgan fingerprint density at radius 1 is 0.840 bits per heavy atom. The van der Waals surface area contributed by atoms with E-state index in [0.29, 0.717) is 40.0 Å². The number of pyridine rings is 1. The lowest BCUT2D eigenvalue weighted by atomic mass is 9.85. The van der Waals surface area contributed by atoms with Gasteiger partial charge in [-0.3, -0.25) is 19.6 Å². The van der Waals surface area contributed by atoms with Crippen molar-refractivity contribution in [3.05, 3.63) is 159 Å². The van der Waals surface area contributed by atoms with Gasteiger partial charge in [0.05, 0.1) is 41.9 Å². The Kier molecular flexibility index (Phi) is 9.77. The molecule has 6 rings (SSSR count). The summed E-state index contributed by atoms with van der Waals surface area (Å²) in [6.45, 7) is 0.767. The van der Waals surface area contributed by atoms with Crippen LogP contribution in [-0.2, 0) is 23.5 Å². The van der Waals surface area contributed by atoms with Crippen LogP contribution in [0.15, 0.2) is 120 Å². The summed E-state index contributed by atoms with van der Waals surface area (Å²) < 4.78 is 0. The highest BCUT2D eigenvalue weighted by Gasteiger charge is 2.40. The quantitative estimate of drug-likeness (QED) is 0.101.